The Kier molecular flexibility index (Phi) is 7.29. The molecule has 1 saturated heterocycles. The second-order valence-electron chi connectivity index (χ2n) is 9.65. The monoisotopic (exact) mass is 523 g/mol. The van der Waals surface area contributed by atoms with Crippen LogP contribution in [0.15, 0.2) is 70.6 Å². The maximum atomic E-state index is 12.7. The van der Waals surface area contributed by atoms with E-state index in [2.05, 4.69) is 37.2 Å². The average Bonchev–Trinajstić information content (AvgIpc) is 3.42. The number of hydrogen-bond donors (Lipinski definition) is 2. The molecule has 0 bridgehead atoms. The van der Waals surface area contributed by atoms with Crippen molar-refractivity contribution in [3.8, 4) is 17.6 Å². The normalized spacial score (nSPS) is 15.3. The van der Waals surface area contributed by atoms with Gasteiger partial charge in [-0.1, -0.05) is 23.9 Å². The minimum absolute atomic E-state index is 0.00827. The number of amides is 1. The van der Waals surface area contributed by atoms with Gasteiger partial charge in [0.25, 0.3) is 5.91 Å². The van der Waals surface area contributed by atoms with Crippen molar-refractivity contribution >= 4 is 28.6 Å². The molecule has 2 N–H and O–H groups in total. The van der Waals surface area contributed by atoms with Gasteiger partial charge in [-0.15, -0.1) is 0 Å². The van der Waals surface area contributed by atoms with Gasteiger partial charge in [0.05, 0.1) is 17.3 Å². The number of aromatic nitrogens is 3. The summed E-state index contributed by atoms with van der Waals surface area (Å²) < 4.78 is 5.83. The largest absolute Gasteiger partial charge is 0.491 e. The Morgan fingerprint density at radius 3 is 2.79 bits per heavy atom. The summed E-state index contributed by atoms with van der Waals surface area (Å²) >= 11 is 1.57. The molecular weight excluding hydrogens is 494 g/mol. The molecule has 1 aliphatic carbocycles. The van der Waals surface area contributed by atoms with E-state index in [0.29, 0.717) is 29.6 Å². The lowest BCUT2D eigenvalue weighted by Gasteiger charge is -2.14. The van der Waals surface area contributed by atoms with Crippen molar-refractivity contribution in [3.63, 3.8) is 0 Å². The third-order valence-electron chi connectivity index (χ3n) is 6.73. The number of pyridine rings is 1. The number of aromatic amines is 1. The molecule has 1 amide bonds. The minimum atomic E-state index is -0.00827. The number of rotatable bonds is 8. The smallest absolute Gasteiger partial charge is 0.252 e. The number of fused-ring (bicyclic) bond motifs is 1. The van der Waals surface area contributed by atoms with Gasteiger partial charge >= 0.3 is 0 Å². The minimum Gasteiger partial charge on any atom is -0.491 e. The first-order valence-corrected chi connectivity index (χ1v) is 13.9. The van der Waals surface area contributed by atoms with E-state index in [0.717, 1.165) is 45.8 Å². The molecule has 0 radical (unpaired) electrons. The standard InChI is InChI=1S/C30H29N5O2S/c36-30(32-22-7-8-22)26-5-1-2-6-29(26)38-24-12-13-25-27(33-34-28(25)19-24)14-10-21-9-11-23(20-31-21)37-18-17-35-15-3-4-16-35/h1-2,5-6,9,11-13,19-20,22H,3-4,7-8,15-18H2,(H,32,36)(H,33,34). The van der Waals surface area contributed by atoms with E-state index in [-0.39, 0.29) is 5.91 Å². The van der Waals surface area contributed by atoms with Gasteiger partial charge in [-0.05, 0) is 93.1 Å². The lowest BCUT2D eigenvalue weighted by atomic mass is 10.2. The number of hydrogen-bond acceptors (Lipinski definition) is 6. The average molecular weight is 524 g/mol. The van der Waals surface area contributed by atoms with Crippen molar-refractivity contribution in [3.05, 3.63) is 77.7 Å². The van der Waals surface area contributed by atoms with Crippen LogP contribution in [0.1, 0.15) is 47.4 Å². The Hall–Kier alpha value is -3.80. The van der Waals surface area contributed by atoms with Crippen molar-refractivity contribution in [2.45, 2.75) is 41.5 Å². The van der Waals surface area contributed by atoms with Crippen molar-refractivity contribution in [1.29, 1.82) is 0 Å². The van der Waals surface area contributed by atoms with Crippen LogP contribution in [-0.2, 0) is 0 Å². The highest BCUT2D eigenvalue weighted by Crippen LogP contribution is 2.33. The van der Waals surface area contributed by atoms with Gasteiger partial charge < -0.3 is 10.1 Å². The Bertz CT molecular complexity index is 1490. The SMILES string of the molecule is O=C(NC1CC1)c1ccccc1Sc1ccc2c(C#Cc3ccc(OCCN4CCCC4)cn3)n[nH]c2c1. The van der Waals surface area contributed by atoms with E-state index in [1.165, 1.54) is 25.9 Å². The fourth-order valence-corrected chi connectivity index (χ4v) is 5.46. The van der Waals surface area contributed by atoms with Crippen LogP contribution < -0.4 is 10.1 Å². The highest BCUT2D eigenvalue weighted by Gasteiger charge is 2.25. The number of benzene rings is 2. The Balaban J connectivity index is 1.10. The summed E-state index contributed by atoms with van der Waals surface area (Å²) in [5.41, 5.74) is 2.94. The second kappa shape index (κ2) is 11.3. The maximum absolute atomic E-state index is 12.7. The molecule has 3 heterocycles. The summed E-state index contributed by atoms with van der Waals surface area (Å²) in [6.07, 6.45) is 6.43. The summed E-state index contributed by atoms with van der Waals surface area (Å²) in [6, 6.07) is 17.9. The van der Waals surface area contributed by atoms with Crippen LogP contribution in [0.5, 0.6) is 5.75 Å². The van der Waals surface area contributed by atoms with Crippen molar-refractivity contribution in [1.82, 2.24) is 25.4 Å². The quantitative estimate of drug-likeness (QED) is 0.321. The van der Waals surface area contributed by atoms with E-state index in [9.17, 15) is 4.79 Å². The summed E-state index contributed by atoms with van der Waals surface area (Å²) in [7, 11) is 0. The van der Waals surface area contributed by atoms with Gasteiger partial charge in [0.1, 0.15) is 23.7 Å². The van der Waals surface area contributed by atoms with Crippen LogP contribution in [-0.4, -0.2) is 58.3 Å². The topological polar surface area (TPSA) is 83.1 Å². The summed E-state index contributed by atoms with van der Waals surface area (Å²) in [5, 5.41) is 11.5. The third kappa shape index (κ3) is 6.01. The molecule has 0 unspecified atom stereocenters. The maximum Gasteiger partial charge on any atom is 0.252 e. The highest BCUT2D eigenvalue weighted by atomic mass is 32.2. The third-order valence-corrected chi connectivity index (χ3v) is 7.79. The zero-order chi connectivity index (χ0) is 25.7. The predicted molar refractivity (Wildman–Crippen MR) is 149 cm³/mol. The molecule has 0 atom stereocenters. The van der Waals surface area contributed by atoms with Gasteiger partial charge in [-0.3, -0.25) is 14.8 Å². The van der Waals surface area contributed by atoms with Crippen molar-refractivity contribution in [2.24, 2.45) is 0 Å². The van der Waals surface area contributed by atoms with E-state index >= 15 is 0 Å². The Morgan fingerprint density at radius 1 is 1.11 bits per heavy atom. The van der Waals surface area contributed by atoms with Crippen LogP contribution in [0.3, 0.4) is 0 Å². The van der Waals surface area contributed by atoms with Crippen LogP contribution in [0, 0.1) is 11.8 Å². The summed E-state index contributed by atoms with van der Waals surface area (Å²) in [5.74, 6) is 7.00. The zero-order valence-electron chi connectivity index (χ0n) is 21.1. The van der Waals surface area contributed by atoms with E-state index in [1.807, 2.05) is 54.6 Å². The van der Waals surface area contributed by atoms with Crippen LogP contribution in [0.25, 0.3) is 10.9 Å². The van der Waals surface area contributed by atoms with E-state index < -0.39 is 0 Å². The first-order chi connectivity index (χ1) is 18.7. The van der Waals surface area contributed by atoms with Gasteiger partial charge in [0.2, 0.25) is 0 Å². The van der Waals surface area contributed by atoms with E-state index in [1.54, 1.807) is 18.0 Å². The molecule has 0 spiro atoms. The van der Waals surface area contributed by atoms with Crippen LogP contribution >= 0.6 is 11.8 Å². The first kappa shape index (κ1) is 24.5. The summed E-state index contributed by atoms with van der Waals surface area (Å²) in [4.78, 5) is 21.5. The van der Waals surface area contributed by atoms with Crippen molar-refractivity contribution in [2.75, 3.05) is 26.2 Å². The highest BCUT2D eigenvalue weighted by molar-refractivity contribution is 7.99. The molecule has 1 saturated carbocycles. The lowest BCUT2D eigenvalue weighted by molar-refractivity contribution is 0.0948. The van der Waals surface area contributed by atoms with Crippen molar-refractivity contribution < 1.29 is 9.53 Å². The molecule has 192 valence electrons. The predicted octanol–water partition coefficient (Wildman–Crippen LogP) is 4.88. The van der Waals surface area contributed by atoms with Crippen LogP contribution in [0.2, 0.25) is 0 Å². The molecule has 8 heteroatoms. The molecule has 38 heavy (non-hydrogen) atoms. The fraction of sp³-hybridized carbons (Fsp3) is 0.300. The molecule has 2 aromatic carbocycles. The Labute approximate surface area is 226 Å². The molecule has 2 aliphatic rings. The Morgan fingerprint density at radius 2 is 1.97 bits per heavy atom. The summed E-state index contributed by atoms with van der Waals surface area (Å²) in [6.45, 7) is 3.97. The number of carbonyl (C=O) groups excluding carboxylic acids is 1. The number of nitrogens with one attached hydrogen (secondary N) is 2. The number of likely N-dealkylation sites (tertiary alicyclic amines) is 1. The molecular formula is C30H29N5O2S. The van der Waals surface area contributed by atoms with Gasteiger partial charge in [-0.25, -0.2) is 4.98 Å². The fourth-order valence-electron chi connectivity index (χ4n) is 4.48. The zero-order valence-corrected chi connectivity index (χ0v) is 21.9. The number of ether oxygens (including phenoxy) is 1. The van der Waals surface area contributed by atoms with Crippen LogP contribution in [0.4, 0.5) is 0 Å². The molecule has 4 aromatic rings. The van der Waals surface area contributed by atoms with Gasteiger partial charge in [-0.2, -0.15) is 5.10 Å². The molecule has 2 fully saturated rings. The van der Waals surface area contributed by atoms with E-state index in [4.69, 9.17) is 4.74 Å². The number of carbonyl (C=O) groups is 1. The molecule has 1 aliphatic heterocycles. The number of nitrogens with zero attached hydrogens (tertiary/aromatic N) is 3. The second-order valence-corrected chi connectivity index (χ2v) is 10.8. The molecule has 6 rings (SSSR count). The van der Waals surface area contributed by atoms with Gasteiger partial charge in [0.15, 0.2) is 0 Å². The van der Waals surface area contributed by atoms with Gasteiger partial charge in [0, 0.05) is 27.8 Å². The molecule has 7 nitrogen and oxygen atoms in total. The lowest BCUT2D eigenvalue weighted by Crippen LogP contribution is -2.25. The first-order valence-electron chi connectivity index (χ1n) is 13.1. The number of H-pyrrole nitrogens is 1. The molecule has 2 aromatic heterocycles.